The van der Waals surface area contributed by atoms with E-state index in [1.807, 2.05) is 0 Å². The van der Waals surface area contributed by atoms with Crippen LogP contribution in [0.2, 0.25) is 5.02 Å². The lowest BCUT2D eigenvalue weighted by molar-refractivity contribution is -0.137. The second-order valence-corrected chi connectivity index (χ2v) is 11.0. The average Bonchev–Trinajstić information content (AvgIpc) is 3.38. The summed E-state index contributed by atoms with van der Waals surface area (Å²) in [4.78, 5) is 17.0. The minimum atomic E-state index is -4.85. The van der Waals surface area contributed by atoms with E-state index in [2.05, 4.69) is 20.3 Å². The van der Waals surface area contributed by atoms with Crippen LogP contribution < -0.4 is 20.1 Å². The van der Waals surface area contributed by atoms with E-state index in [0.717, 1.165) is 37.2 Å². The third-order valence-electron chi connectivity index (χ3n) is 5.97. The van der Waals surface area contributed by atoms with Crippen LogP contribution in [0.1, 0.15) is 27.9 Å². The van der Waals surface area contributed by atoms with Crippen molar-refractivity contribution in [2.24, 2.45) is 5.92 Å². The maximum absolute atomic E-state index is 13.5. The molecular formula is C25H23ClF4N4O4S. The number of nitrogens with zero attached hydrogens (tertiary/aromatic N) is 1. The fraction of sp³-hybridized carbons (Fsp3) is 0.280. The number of aryl methyl sites for hydroxylation is 1. The lowest BCUT2D eigenvalue weighted by Gasteiger charge is -2.17. The quantitative estimate of drug-likeness (QED) is 0.316. The van der Waals surface area contributed by atoms with Crippen molar-refractivity contribution in [1.82, 2.24) is 15.0 Å². The highest BCUT2D eigenvalue weighted by atomic mass is 35.5. The molecule has 0 spiro atoms. The lowest BCUT2D eigenvalue weighted by Crippen LogP contribution is -2.31. The first kappa shape index (κ1) is 28.7. The number of hydrogen-bond donors (Lipinski definition) is 3. The first-order chi connectivity index (χ1) is 18.3. The van der Waals surface area contributed by atoms with Crippen LogP contribution in [0.5, 0.6) is 11.5 Å². The zero-order valence-corrected chi connectivity index (χ0v) is 22.0. The van der Waals surface area contributed by atoms with E-state index in [0.29, 0.717) is 12.6 Å². The number of hydrogen-bond acceptors (Lipinski definition) is 6. The molecule has 3 N–H and O–H groups in total. The summed E-state index contributed by atoms with van der Waals surface area (Å²) in [5.41, 5.74) is -1.33. The summed E-state index contributed by atoms with van der Waals surface area (Å²) in [5, 5.41) is 4.48. The number of pyridine rings is 1. The van der Waals surface area contributed by atoms with Crippen molar-refractivity contribution >= 4 is 33.2 Å². The van der Waals surface area contributed by atoms with Gasteiger partial charge in [0, 0.05) is 24.5 Å². The Bertz CT molecular complexity index is 1500. The summed E-state index contributed by atoms with van der Waals surface area (Å²) in [6, 6.07) is 7.18. The van der Waals surface area contributed by atoms with Gasteiger partial charge in [0.05, 0.1) is 16.1 Å². The number of halogens is 5. The molecule has 208 valence electrons. The summed E-state index contributed by atoms with van der Waals surface area (Å²) < 4.78 is 87.6. The molecule has 4 rings (SSSR count). The Morgan fingerprint density at radius 3 is 2.62 bits per heavy atom. The van der Waals surface area contributed by atoms with Crippen molar-refractivity contribution in [2.45, 2.75) is 24.5 Å². The topological polar surface area (TPSA) is 109 Å². The van der Waals surface area contributed by atoms with Gasteiger partial charge in [-0.25, -0.2) is 22.5 Å². The number of amides is 1. The van der Waals surface area contributed by atoms with Crippen molar-refractivity contribution < 1.29 is 35.5 Å². The summed E-state index contributed by atoms with van der Waals surface area (Å²) in [6.45, 7) is 3.17. The van der Waals surface area contributed by atoms with Crippen molar-refractivity contribution in [3.63, 3.8) is 0 Å². The lowest BCUT2D eigenvalue weighted by atomic mass is 10.1. The van der Waals surface area contributed by atoms with Gasteiger partial charge in [-0.05, 0) is 74.3 Å². The fourth-order valence-electron chi connectivity index (χ4n) is 3.90. The fourth-order valence-corrected chi connectivity index (χ4v) is 5.26. The van der Waals surface area contributed by atoms with Crippen LogP contribution in [0.25, 0.3) is 0 Å². The predicted molar refractivity (Wildman–Crippen MR) is 136 cm³/mol. The Morgan fingerprint density at radius 1 is 1.18 bits per heavy atom. The van der Waals surface area contributed by atoms with E-state index >= 15 is 0 Å². The summed E-state index contributed by atoms with van der Waals surface area (Å²) in [6.07, 6.45) is -2.86. The smallest absolute Gasteiger partial charge is 0.417 e. The summed E-state index contributed by atoms with van der Waals surface area (Å²) >= 11 is 5.85. The zero-order chi connectivity index (χ0) is 28.4. The molecule has 0 aliphatic carbocycles. The molecule has 0 saturated carbocycles. The highest BCUT2D eigenvalue weighted by Crippen LogP contribution is 2.40. The molecule has 1 saturated heterocycles. The number of anilines is 1. The van der Waals surface area contributed by atoms with E-state index < -0.39 is 44.3 Å². The van der Waals surface area contributed by atoms with E-state index in [4.69, 9.17) is 16.3 Å². The van der Waals surface area contributed by atoms with Crippen LogP contribution in [0.3, 0.4) is 0 Å². The Labute approximate surface area is 226 Å². The van der Waals surface area contributed by atoms with Crippen LogP contribution in [0.4, 0.5) is 23.2 Å². The number of aromatic nitrogens is 1. The van der Waals surface area contributed by atoms with Gasteiger partial charge in [-0.2, -0.15) is 13.2 Å². The molecular weight excluding hydrogens is 564 g/mol. The van der Waals surface area contributed by atoms with Crippen LogP contribution in [0.15, 0.2) is 53.7 Å². The molecule has 0 bridgehead atoms. The monoisotopic (exact) mass is 586 g/mol. The first-order valence-corrected chi connectivity index (χ1v) is 13.5. The van der Waals surface area contributed by atoms with Gasteiger partial charge in [-0.3, -0.25) is 4.79 Å². The van der Waals surface area contributed by atoms with Gasteiger partial charge >= 0.3 is 6.18 Å². The number of sulfonamides is 1. The molecule has 0 radical (unpaired) electrons. The Kier molecular flexibility index (Phi) is 8.45. The highest BCUT2D eigenvalue weighted by Gasteiger charge is 2.35. The molecule has 1 aliphatic rings. The predicted octanol–water partition coefficient (Wildman–Crippen LogP) is 5.13. The van der Waals surface area contributed by atoms with Gasteiger partial charge in [-0.1, -0.05) is 11.6 Å². The number of carbonyl (C=O) groups excluding carboxylic acids is 1. The molecule has 8 nitrogen and oxygen atoms in total. The summed E-state index contributed by atoms with van der Waals surface area (Å²) in [5.74, 6) is -1.85. The maximum atomic E-state index is 13.5. The Balaban J connectivity index is 1.62. The molecule has 1 atom stereocenters. The molecule has 1 amide bonds. The van der Waals surface area contributed by atoms with Crippen molar-refractivity contribution in [3.05, 3.63) is 76.2 Å². The van der Waals surface area contributed by atoms with Gasteiger partial charge in [0.2, 0.25) is 0 Å². The molecule has 14 heteroatoms. The number of ether oxygens (including phenoxy) is 1. The molecule has 1 aliphatic heterocycles. The van der Waals surface area contributed by atoms with Crippen molar-refractivity contribution in [3.8, 4) is 11.5 Å². The van der Waals surface area contributed by atoms with Crippen LogP contribution >= 0.6 is 11.6 Å². The number of carbonyl (C=O) groups is 1. The zero-order valence-electron chi connectivity index (χ0n) is 20.4. The molecule has 39 heavy (non-hydrogen) atoms. The van der Waals surface area contributed by atoms with Crippen LogP contribution in [-0.4, -0.2) is 38.9 Å². The second-order valence-electron chi connectivity index (χ2n) is 8.89. The number of rotatable bonds is 8. The number of nitrogens with one attached hydrogen (secondary N) is 3. The van der Waals surface area contributed by atoms with Gasteiger partial charge in [0.25, 0.3) is 15.9 Å². The largest absolute Gasteiger partial charge is 0.456 e. The standard InChI is InChI=1S/C25H23ClF4N4O4S/c1-14-8-16(27)2-3-21(14)38-22-11-19(25(28,29)30)20(26)10-18(22)24(35)34-17-5-7-32-23(9-17)39(36,37)33-13-15-4-6-31-12-15/h2-3,5,7-11,15,31,33H,4,6,12-13H2,1H3,(H,32,34,35)/t15-/m1/s1. The van der Waals surface area contributed by atoms with E-state index in [1.54, 1.807) is 0 Å². The third-order valence-corrected chi connectivity index (χ3v) is 7.60. The van der Waals surface area contributed by atoms with E-state index in [1.165, 1.54) is 25.3 Å². The molecule has 2 heterocycles. The van der Waals surface area contributed by atoms with Gasteiger partial charge < -0.3 is 15.4 Å². The van der Waals surface area contributed by atoms with E-state index in [9.17, 15) is 30.8 Å². The molecule has 0 unspecified atom stereocenters. The Hall–Kier alpha value is -3.26. The van der Waals surface area contributed by atoms with Crippen LogP contribution in [-0.2, 0) is 16.2 Å². The highest BCUT2D eigenvalue weighted by molar-refractivity contribution is 7.89. The third kappa shape index (κ3) is 7.04. The SMILES string of the molecule is Cc1cc(F)ccc1Oc1cc(C(F)(F)F)c(Cl)cc1C(=O)Nc1ccnc(S(=O)(=O)NC[C@@H]2CCNC2)c1. The van der Waals surface area contributed by atoms with Crippen LogP contribution in [0, 0.1) is 18.7 Å². The molecule has 1 fully saturated rings. The molecule has 1 aromatic heterocycles. The van der Waals surface area contributed by atoms with Crippen molar-refractivity contribution in [2.75, 3.05) is 25.0 Å². The average molecular weight is 587 g/mol. The minimum Gasteiger partial charge on any atom is -0.456 e. The first-order valence-electron chi connectivity index (χ1n) is 11.7. The second kappa shape index (κ2) is 11.5. The molecule has 2 aromatic carbocycles. The Morgan fingerprint density at radius 2 is 1.95 bits per heavy atom. The van der Waals surface area contributed by atoms with Crippen molar-refractivity contribution in [1.29, 1.82) is 0 Å². The van der Waals surface area contributed by atoms with Gasteiger partial charge in [0.15, 0.2) is 5.03 Å². The van der Waals surface area contributed by atoms with Gasteiger partial charge in [0.1, 0.15) is 17.3 Å². The summed E-state index contributed by atoms with van der Waals surface area (Å²) in [7, 11) is -4.00. The number of alkyl halides is 3. The molecule has 3 aromatic rings. The number of benzene rings is 2. The van der Waals surface area contributed by atoms with E-state index in [-0.39, 0.29) is 40.1 Å². The van der Waals surface area contributed by atoms with Gasteiger partial charge in [-0.15, -0.1) is 0 Å². The minimum absolute atomic E-state index is 0.0119. The maximum Gasteiger partial charge on any atom is 0.417 e. The normalized spacial score (nSPS) is 15.8.